The van der Waals surface area contributed by atoms with E-state index in [1.807, 2.05) is 0 Å². The molecular formula is C56H42P2Pt+2. The molecular weight excluding hydrogens is 930 g/mol. The first-order chi connectivity index (χ1) is 28.6. The van der Waals surface area contributed by atoms with Crippen LogP contribution in [0.2, 0.25) is 0 Å². The Bertz CT molecular complexity index is 2110. The summed E-state index contributed by atoms with van der Waals surface area (Å²) in [5.74, 6) is 9.50. The molecule has 0 aliphatic carbocycles. The summed E-state index contributed by atoms with van der Waals surface area (Å²) in [7, 11) is -1.75. The fourth-order valence-electron chi connectivity index (χ4n) is 5.93. The Balaban J connectivity index is 0.000000181. The Hall–Kier alpha value is -6.45. The molecule has 0 amide bonds. The molecule has 59 heavy (non-hydrogen) atoms. The summed E-state index contributed by atoms with van der Waals surface area (Å²) >= 11 is 0. The van der Waals surface area contributed by atoms with Crippen molar-refractivity contribution in [1.29, 1.82) is 0 Å². The van der Waals surface area contributed by atoms with E-state index in [0.717, 1.165) is 22.3 Å². The van der Waals surface area contributed by atoms with E-state index in [2.05, 4.69) is 206 Å². The van der Waals surface area contributed by atoms with Gasteiger partial charge in [0.1, 0.15) is 31.8 Å². The molecule has 0 nitrogen and oxygen atoms in total. The normalized spacial score (nSPS) is 9.46. The Labute approximate surface area is 368 Å². The standard InChI is InChI=1S/2C18H15P.2C10H5.Pt/c2*1-4-10-16(11-5-1)19(17-12-6-2-7-13-17)18-14-8-3-9-15-18;2*1-3-9-5-7-10(4-2)8-6-9;/h2*1-15H;2*1,5-8H;/q;;2*-1;+2/p+2. The molecule has 3 heteroatoms. The maximum Gasteiger partial charge on any atom is 2.00 e. The second kappa shape index (κ2) is 25.7. The molecule has 0 saturated heterocycles. The van der Waals surface area contributed by atoms with Gasteiger partial charge in [-0.3, -0.25) is 11.8 Å². The van der Waals surface area contributed by atoms with Gasteiger partial charge in [0.05, 0.1) is 15.8 Å². The van der Waals surface area contributed by atoms with E-state index in [4.69, 9.17) is 25.7 Å². The molecule has 0 atom stereocenters. The monoisotopic (exact) mass is 971 g/mol. The molecule has 0 heterocycles. The summed E-state index contributed by atoms with van der Waals surface area (Å²) in [6.07, 6.45) is 23.8. The average Bonchev–Trinajstić information content (AvgIpc) is 3.32. The van der Waals surface area contributed by atoms with Crippen molar-refractivity contribution in [3.05, 3.63) is 266 Å². The molecule has 0 aromatic heterocycles. The van der Waals surface area contributed by atoms with Crippen molar-refractivity contribution in [2.45, 2.75) is 0 Å². The molecule has 8 aromatic carbocycles. The van der Waals surface area contributed by atoms with E-state index in [1.54, 1.807) is 48.5 Å². The molecule has 0 saturated carbocycles. The maximum absolute atomic E-state index is 6.77. The molecule has 284 valence electrons. The van der Waals surface area contributed by atoms with Gasteiger partial charge in [-0.15, -0.1) is 48.2 Å². The van der Waals surface area contributed by atoms with Crippen LogP contribution in [0.4, 0.5) is 0 Å². The first-order valence-corrected chi connectivity index (χ1v) is 21.7. The van der Waals surface area contributed by atoms with Crippen molar-refractivity contribution >= 4 is 47.7 Å². The minimum Gasteiger partial charge on any atom is -0.366 e. The summed E-state index contributed by atoms with van der Waals surface area (Å²) in [4.78, 5) is 0. The van der Waals surface area contributed by atoms with Crippen LogP contribution in [-0.2, 0) is 21.1 Å². The first kappa shape index (κ1) is 45.3. The Kier molecular flexibility index (Phi) is 19.7. The van der Waals surface area contributed by atoms with Crippen LogP contribution < -0.4 is 31.8 Å². The van der Waals surface area contributed by atoms with Gasteiger partial charge in [-0.1, -0.05) is 145 Å². The van der Waals surface area contributed by atoms with Crippen LogP contribution in [0.3, 0.4) is 0 Å². The van der Waals surface area contributed by atoms with Crippen molar-refractivity contribution in [3.8, 4) is 36.5 Å². The fourth-order valence-corrected chi connectivity index (χ4v) is 11.1. The summed E-state index contributed by atoms with van der Waals surface area (Å²) in [6.45, 7) is 0. The van der Waals surface area contributed by atoms with E-state index in [0.29, 0.717) is 0 Å². The van der Waals surface area contributed by atoms with Gasteiger partial charge in [-0.25, -0.2) is 0 Å². The maximum atomic E-state index is 6.77. The van der Waals surface area contributed by atoms with Crippen LogP contribution in [-0.4, -0.2) is 0 Å². The zero-order valence-corrected chi connectivity index (χ0v) is 36.7. The molecule has 0 spiro atoms. The van der Waals surface area contributed by atoms with Gasteiger partial charge in [-0.2, -0.15) is 0 Å². The molecule has 0 radical (unpaired) electrons. The zero-order chi connectivity index (χ0) is 40.6. The van der Waals surface area contributed by atoms with Crippen LogP contribution in [0, 0.1) is 49.4 Å². The van der Waals surface area contributed by atoms with Crippen LogP contribution in [0.25, 0.3) is 0 Å². The summed E-state index contributed by atoms with van der Waals surface area (Å²) < 4.78 is 0. The minimum absolute atomic E-state index is 0. The van der Waals surface area contributed by atoms with Gasteiger partial charge in [0, 0.05) is 11.1 Å². The van der Waals surface area contributed by atoms with Crippen molar-refractivity contribution in [2.24, 2.45) is 0 Å². The number of terminal acetylenes is 2. The number of hydrogen-bond donors (Lipinski definition) is 0. The van der Waals surface area contributed by atoms with E-state index in [1.165, 1.54) is 31.8 Å². The second-order valence-corrected chi connectivity index (χ2v) is 17.6. The molecule has 8 rings (SSSR count). The van der Waals surface area contributed by atoms with Gasteiger partial charge in [0.25, 0.3) is 0 Å². The van der Waals surface area contributed by atoms with Crippen LogP contribution >= 0.6 is 15.8 Å². The van der Waals surface area contributed by atoms with Gasteiger partial charge in [0.2, 0.25) is 0 Å². The van der Waals surface area contributed by atoms with Gasteiger partial charge in [0.15, 0.2) is 0 Å². The van der Waals surface area contributed by atoms with Gasteiger partial charge in [-0.05, 0) is 72.8 Å². The van der Waals surface area contributed by atoms with Crippen molar-refractivity contribution < 1.29 is 21.1 Å². The average molecular weight is 972 g/mol. The van der Waals surface area contributed by atoms with Crippen LogP contribution in [0.5, 0.6) is 0 Å². The molecule has 0 aliphatic heterocycles. The molecule has 0 fully saturated rings. The van der Waals surface area contributed by atoms with E-state index in [9.17, 15) is 0 Å². The Morgan fingerprint density at radius 1 is 0.271 bits per heavy atom. The van der Waals surface area contributed by atoms with Crippen LogP contribution in [0.15, 0.2) is 231 Å². The Morgan fingerprint density at radius 3 is 0.593 bits per heavy atom. The minimum atomic E-state index is -0.877. The largest absolute Gasteiger partial charge is 2.00 e. The van der Waals surface area contributed by atoms with Crippen LogP contribution in [0.1, 0.15) is 22.3 Å². The quantitative estimate of drug-likeness (QED) is 0.0886. The van der Waals surface area contributed by atoms with E-state index < -0.39 is 15.8 Å². The van der Waals surface area contributed by atoms with Crippen molar-refractivity contribution in [3.63, 3.8) is 0 Å². The third-order valence-electron chi connectivity index (χ3n) is 8.77. The predicted molar refractivity (Wildman–Crippen MR) is 254 cm³/mol. The van der Waals surface area contributed by atoms with Gasteiger partial charge >= 0.3 is 21.1 Å². The van der Waals surface area contributed by atoms with Crippen molar-refractivity contribution in [1.82, 2.24) is 0 Å². The molecule has 0 bridgehead atoms. The fraction of sp³-hybridized carbons (Fsp3) is 0. The van der Waals surface area contributed by atoms with Crippen molar-refractivity contribution in [2.75, 3.05) is 0 Å². The zero-order valence-electron chi connectivity index (χ0n) is 32.4. The number of rotatable bonds is 6. The third-order valence-corrected chi connectivity index (χ3v) is 14.2. The number of benzene rings is 8. The molecule has 0 aliphatic rings. The molecule has 8 aromatic rings. The summed E-state index contributed by atoms with van der Waals surface area (Å²) in [5, 5.41) is 8.61. The molecule has 0 unspecified atom stereocenters. The SMILES string of the molecule is [C-]#Cc1ccc(C#C)cc1.[C-]#Cc1ccc(C#C)cc1.[Pt+2].c1ccc([PH+](c2ccccc2)c2ccccc2)cc1.c1ccc([PH+](c2ccccc2)c2ccccc2)cc1. The Morgan fingerprint density at radius 2 is 0.441 bits per heavy atom. The third kappa shape index (κ3) is 14.5. The summed E-state index contributed by atoms with van der Waals surface area (Å²) in [6, 6.07) is 79.2. The van der Waals surface area contributed by atoms with E-state index >= 15 is 0 Å². The van der Waals surface area contributed by atoms with Gasteiger partial charge < -0.3 is 12.8 Å². The summed E-state index contributed by atoms with van der Waals surface area (Å²) in [5.41, 5.74) is 3.16. The number of hydrogen-bond acceptors (Lipinski definition) is 0. The predicted octanol–water partition coefficient (Wildman–Crippen LogP) is 9.56. The van der Waals surface area contributed by atoms with E-state index in [-0.39, 0.29) is 21.1 Å². The molecule has 0 N–H and O–H groups in total. The smallest absolute Gasteiger partial charge is 0.366 e. The first-order valence-electron chi connectivity index (χ1n) is 18.7. The second-order valence-electron chi connectivity index (χ2n) is 12.6. The topological polar surface area (TPSA) is 0 Å².